The molecule has 32 heavy (non-hydrogen) atoms. The van der Waals surface area contributed by atoms with Crippen molar-refractivity contribution in [2.75, 3.05) is 7.11 Å². The molecule has 0 bridgehead atoms. The maximum Gasteiger partial charge on any atom is 0.337 e. The molecule has 1 N–H and O–H groups in total. The number of hydrogen-bond acceptors (Lipinski definition) is 5. The van der Waals surface area contributed by atoms with Gasteiger partial charge >= 0.3 is 11.9 Å². The van der Waals surface area contributed by atoms with Crippen LogP contribution in [0.4, 0.5) is 0 Å². The largest absolute Gasteiger partial charge is 0.465 e. The summed E-state index contributed by atoms with van der Waals surface area (Å²) in [6.45, 7) is 3.94. The fraction of sp³-hybridized carbons (Fsp3) is 0.125. The van der Waals surface area contributed by atoms with E-state index in [4.69, 9.17) is 9.15 Å². The minimum absolute atomic E-state index is 0.186. The van der Waals surface area contributed by atoms with Gasteiger partial charge in [0.1, 0.15) is 5.58 Å². The van der Waals surface area contributed by atoms with Gasteiger partial charge in [-0.15, -0.1) is 0 Å². The van der Waals surface area contributed by atoms with Gasteiger partial charge in [0.2, 0.25) is 0 Å². The first-order valence-electron chi connectivity index (χ1n) is 9.77. The van der Waals surface area contributed by atoms with Gasteiger partial charge in [0.25, 0.3) is 0 Å². The Morgan fingerprint density at radius 3 is 2.56 bits per heavy atom. The maximum atomic E-state index is 12.4. The summed E-state index contributed by atoms with van der Waals surface area (Å²) in [4.78, 5) is 24.1. The van der Waals surface area contributed by atoms with Crippen molar-refractivity contribution in [3.05, 3.63) is 87.3 Å². The van der Waals surface area contributed by atoms with Crippen molar-refractivity contribution in [2.24, 2.45) is 5.10 Å². The number of furan rings is 1. The Morgan fingerprint density at radius 2 is 1.84 bits per heavy atom. The van der Waals surface area contributed by atoms with E-state index in [-0.39, 0.29) is 11.7 Å². The monoisotopic (exact) mass is 493 g/mol. The van der Waals surface area contributed by atoms with E-state index in [1.54, 1.807) is 30.5 Å². The summed E-state index contributed by atoms with van der Waals surface area (Å²) in [7, 11) is 1.36. The van der Waals surface area contributed by atoms with E-state index in [0.717, 1.165) is 32.5 Å². The number of aryl methyl sites for hydroxylation is 1. The molecule has 8 heteroatoms. The average molecular weight is 494 g/mol. The Bertz CT molecular complexity index is 1350. The lowest BCUT2D eigenvalue weighted by atomic mass is 10.2. The SMILES string of the molecule is COC(=O)c1ccc(-n2c(C)cc(/C=N/NC(=O)c3cc4cc(Br)ccc4o3)c2C)cc1. The second-order valence-corrected chi connectivity index (χ2v) is 8.11. The van der Waals surface area contributed by atoms with Gasteiger partial charge in [0.15, 0.2) is 5.76 Å². The Morgan fingerprint density at radius 1 is 1.09 bits per heavy atom. The van der Waals surface area contributed by atoms with Crippen LogP contribution in [-0.4, -0.2) is 29.8 Å². The molecule has 0 aliphatic heterocycles. The highest BCUT2D eigenvalue weighted by atomic mass is 79.9. The zero-order valence-electron chi connectivity index (χ0n) is 17.7. The fourth-order valence-corrected chi connectivity index (χ4v) is 3.90. The number of hydrogen-bond donors (Lipinski definition) is 1. The van der Waals surface area contributed by atoms with Crippen LogP contribution in [0.1, 0.15) is 37.9 Å². The van der Waals surface area contributed by atoms with Crippen molar-refractivity contribution in [2.45, 2.75) is 13.8 Å². The zero-order chi connectivity index (χ0) is 22.8. The minimum Gasteiger partial charge on any atom is -0.465 e. The number of aromatic nitrogens is 1. The van der Waals surface area contributed by atoms with Crippen LogP contribution in [0.2, 0.25) is 0 Å². The van der Waals surface area contributed by atoms with Crippen molar-refractivity contribution in [1.82, 2.24) is 9.99 Å². The molecule has 2 aromatic carbocycles. The number of esters is 1. The van der Waals surface area contributed by atoms with Gasteiger partial charge in [-0.05, 0) is 68.4 Å². The van der Waals surface area contributed by atoms with Crippen LogP contribution < -0.4 is 5.43 Å². The van der Waals surface area contributed by atoms with E-state index in [2.05, 4.69) is 26.5 Å². The van der Waals surface area contributed by atoms with E-state index < -0.39 is 5.91 Å². The van der Waals surface area contributed by atoms with Crippen LogP contribution in [0, 0.1) is 13.8 Å². The molecule has 0 atom stereocenters. The smallest absolute Gasteiger partial charge is 0.337 e. The highest BCUT2D eigenvalue weighted by Crippen LogP contribution is 2.23. The van der Waals surface area contributed by atoms with Gasteiger partial charge in [-0.1, -0.05) is 15.9 Å². The molecular weight excluding hydrogens is 474 g/mol. The van der Waals surface area contributed by atoms with Crippen molar-refractivity contribution >= 4 is 45.0 Å². The fourth-order valence-electron chi connectivity index (χ4n) is 3.52. The van der Waals surface area contributed by atoms with E-state index in [1.165, 1.54) is 7.11 Å². The summed E-state index contributed by atoms with van der Waals surface area (Å²) in [5.74, 6) is -0.620. The van der Waals surface area contributed by atoms with Crippen molar-refractivity contribution < 1.29 is 18.7 Å². The topological polar surface area (TPSA) is 85.8 Å². The standard InChI is InChI=1S/C24H20BrN3O4/c1-14-10-18(15(2)28(14)20-7-4-16(5-8-20)24(30)31-3)13-26-27-23(29)22-12-17-11-19(25)6-9-21(17)32-22/h4-13H,1-3H3,(H,27,29)/b26-13+. The molecule has 2 aromatic heterocycles. The molecule has 162 valence electrons. The number of rotatable bonds is 5. The number of nitrogens with zero attached hydrogens (tertiary/aromatic N) is 2. The molecule has 0 unspecified atom stereocenters. The quantitative estimate of drug-likeness (QED) is 0.236. The van der Waals surface area contributed by atoms with E-state index in [0.29, 0.717) is 11.1 Å². The number of carbonyl (C=O) groups excluding carboxylic acids is 2. The molecule has 0 saturated carbocycles. The number of amides is 1. The summed E-state index contributed by atoms with van der Waals surface area (Å²) in [5, 5.41) is 4.92. The lowest BCUT2D eigenvalue weighted by Crippen LogP contribution is -2.16. The number of methoxy groups -OCH3 is 1. The molecule has 1 amide bonds. The molecular formula is C24H20BrN3O4. The van der Waals surface area contributed by atoms with Crippen LogP contribution >= 0.6 is 15.9 Å². The molecule has 4 aromatic rings. The maximum absolute atomic E-state index is 12.4. The second kappa shape index (κ2) is 8.84. The summed E-state index contributed by atoms with van der Waals surface area (Å²) in [6.07, 6.45) is 1.60. The first-order chi connectivity index (χ1) is 15.4. The van der Waals surface area contributed by atoms with Crippen LogP contribution in [0.25, 0.3) is 16.7 Å². The van der Waals surface area contributed by atoms with E-state index in [1.807, 2.05) is 48.7 Å². The molecule has 2 heterocycles. The van der Waals surface area contributed by atoms with Gasteiger partial charge in [-0.3, -0.25) is 4.79 Å². The van der Waals surface area contributed by atoms with Crippen LogP contribution in [0.5, 0.6) is 0 Å². The number of fused-ring (bicyclic) bond motifs is 1. The number of carbonyl (C=O) groups is 2. The van der Waals surface area contributed by atoms with Crippen molar-refractivity contribution in [3.8, 4) is 5.69 Å². The summed E-state index contributed by atoms with van der Waals surface area (Å²) < 4.78 is 13.3. The number of benzene rings is 2. The normalized spacial score (nSPS) is 11.2. The van der Waals surface area contributed by atoms with Gasteiger partial charge in [-0.25, -0.2) is 10.2 Å². The Labute approximate surface area is 192 Å². The van der Waals surface area contributed by atoms with Crippen LogP contribution in [0.15, 0.2) is 68.6 Å². The Balaban J connectivity index is 1.51. The molecule has 0 aliphatic carbocycles. The Kier molecular flexibility index (Phi) is 5.96. The van der Waals surface area contributed by atoms with Gasteiger partial charge < -0.3 is 13.7 Å². The highest BCUT2D eigenvalue weighted by Gasteiger charge is 2.13. The van der Waals surface area contributed by atoms with Crippen LogP contribution in [-0.2, 0) is 4.74 Å². The van der Waals surface area contributed by atoms with Gasteiger partial charge in [-0.2, -0.15) is 5.10 Å². The zero-order valence-corrected chi connectivity index (χ0v) is 19.3. The molecule has 4 rings (SSSR count). The predicted molar refractivity (Wildman–Crippen MR) is 126 cm³/mol. The second-order valence-electron chi connectivity index (χ2n) is 7.19. The Hall–Kier alpha value is -3.65. The number of ether oxygens (including phenoxy) is 1. The number of nitrogens with one attached hydrogen (secondary N) is 1. The average Bonchev–Trinajstić information content (AvgIpc) is 3.33. The van der Waals surface area contributed by atoms with E-state index in [9.17, 15) is 9.59 Å². The van der Waals surface area contributed by atoms with Crippen molar-refractivity contribution in [1.29, 1.82) is 0 Å². The lowest BCUT2D eigenvalue weighted by molar-refractivity contribution is 0.0600. The van der Waals surface area contributed by atoms with Gasteiger partial charge in [0, 0.05) is 32.5 Å². The lowest BCUT2D eigenvalue weighted by Gasteiger charge is -2.10. The third-order valence-electron chi connectivity index (χ3n) is 5.09. The van der Waals surface area contributed by atoms with Crippen LogP contribution in [0.3, 0.4) is 0 Å². The van der Waals surface area contributed by atoms with Gasteiger partial charge in [0.05, 0.1) is 18.9 Å². The summed E-state index contributed by atoms with van der Waals surface area (Å²) >= 11 is 3.40. The molecule has 0 spiro atoms. The molecule has 0 radical (unpaired) electrons. The first kappa shape index (κ1) is 21.6. The molecule has 0 aliphatic rings. The number of hydrazone groups is 1. The third-order valence-corrected chi connectivity index (χ3v) is 5.58. The molecule has 0 fully saturated rings. The third kappa shape index (κ3) is 4.22. The number of halogens is 1. The minimum atomic E-state index is -0.430. The summed E-state index contributed by atoms with van der Waals surface area (Å²) in [5.41, 5.74) is 7.32. The predicted octanol–water partition coefficient (Wildman–Crippen LogP) is 5.15. The molecule has 7 nitrogen and oxygen atoms in total. The summed E-state index contributed by atoms with van der Waals surface area (Å²) in [6, 6.07) is 16.3. The van der Waals surface area contributed by atoms with Crippen molar-refractivity contribution in [3.63, 3.8) is 0 Å². The first-order valence-corrected chi connectivity index (χ1v) is 10.6. The molecule has 0 saturated heterocycles. The van der Waals surface area contributed by atoms with E-state index >= 15 is 0 Å². The highest BCUT2D eigenvalue weighted by molar-refractivity contribution is 9.10.